The minimum atomic E-state index is 0.746. The van der Waals surface area contributed by atoms with Crippen LogP contribution in [0, 0.1) is 6.92 Å². The number of rotatable bonds is 3. The van der Waals surface area contributed by atoms with Crippen molar-refractivity contribution in [1.82, 2.24) is 15.0 Å². The van der Waals surface area contributed by atoms with Gasteiger partial charge in [-0.3, -0.25) is 4.98 Å². The van der Waals surface area contributed by atoms with Gasteiger partial charge in [-0.2, -0.15) is 0 Å². The molecule has 0 radical (unpaired) electrons. The summed E-state index contributed by atoms with van der Waals surface area (Å²) in [5.74, 6) is 1.75. The van der Waals surface area contributed by atoms with E-state index in [0.29, 0.717) is 0 Å². The molecule has 0 fully saturated rings. The molecule has 21 heavy (non-hydrogen) atoms. The number of pyridine rings is 1. The zero-order valence-electron chi connectivity index (χ0n) is 12.8. The lowest BCUT2D eigenvalue weighted by Gasteiger charge is -2.14. The molecule has 0 amide bonds. The molecule has 0 unspecified atom stereocenters. The van der Waals surface area contributed by atoms with Crippen molar-refractivity contribution in [1.29, 1.82) is 0 Å². The lowest BCUT2D eigenvalue weighted by Crippen LogP contribution is -2.09. The molecular formula is C17H22N4. The number of aryl methyl sites for hydroxylation is 2. The second-order valence-corrected chi connectivity index (χ2v) is 5.63. The smallest absolute Gasteiger partial charge is 0.180 e. The zero-order chi connectivity index (χ0) is 14.7. The van der Waals surface area contributed by atoms with Crippen LogP contribution in [0.3, 0.4) is 0 Å². The zero-order valence-corrected chi connectivity index (χ0v) is 12.8. The van der Waals surface area contributed by atoms with E-state index >= 15 is 0 Å². The Bertz CT molecular complexity index is 637. The van der Waals surface area contributed by atoms with Gasteiger partial charge in [0.1, 0.15) is 11.5 Å². The fourth-order valence-corrected chi connectivity index (χ4v) is 2.86. The highest BCUT2D eigenvalue weighted by Crippen LogP contribution is 2.27. The largest absolute Gasteiger partial charge is 0.370 e. The van der Waals surface area contributed by atoms with Gasteiger partial charge in [-0.1, -0.05) is 6.42 Å². The molecule has 1 aliphatic rings. The van der Waals surface area contributed by atoms with Crippen LogP contribution in [0.25, 0.3) is 11.5 Å². The molecule has 0 bridgehead atoms. The third kappa shape index (κ3) is 3.04. The maximum Gasteiger partial charge on any atom is 0.180 e. The van der Waals surface area contributed by atoms with Crippen molar-refractivity contribution in [2.24, 2.45) is 0 Å². The Morgan fingerprint density at radius 2 is 2.00 bits per heavy atom. The summed E-state index contributed by atoms with van der Waals surface area (Å²) in [5, 5.41) is 3.41. The van der Waals surface area contributed by atoms with Gasteiger partial charge in [-0.15, -0.1) is 0 Å². The molecule has 0 saturated carbocycles. The van der Waals surface area contributed by atoms with Gasteiger partial charge in [0.25, 0.3) is 0 Å². The second kappa shape index (κ2) is 6.20. The lowest BCUT2D eigenvalue weighted by atomic mass is 10.1. The Labute approximate surface area is 126 Å². The lowest BCUT2D eigenvalue weighted by molar-refractivity contribution is 0.709. The Morgan fingerprint density at radius 3 is 2.81 bits per heavy atom. The predicted molar refractivity (Wildman–Crippen MR) is 85.4 cm³/mol. The Hall–Kier alpha value is -1.97. The standard InChI is InChI=1S/C17H22N4/c1-3-18-16-13-7-5-4-6-8-14(13)20-17(21-16)15-11-12(2)9-10-19-15/h9-11H,3-8H2,1-2H3,(H,18,20,21). The van der Waals surface area contributed by atoms with E-state index in [1.165, 1.54) is 36.1 Å². The molecule has 4 nitrogen and oxygen atoms in total. The molecular weight excluding hydrogens is 260 g/mol. The Kier molecular flexibility index (Phi) is 4.13. The molecule has 0 saturated heterocycles. The van der Waals surface area contributed by atoms with Crippen LogP contribution in [-0.4, -0.2) is 21.5 Å². The van der Waals surface area contributed by atoms with Gasteiger partial charge in [0.15, 0.2) is 5.82 Å². The van der Waals surface area contributed by atoms with Gasteiger partial charge >= 0.3 is 0 Å². The molecule has 0 spiro atoms. The van der Waals surface area contributed by atoms with Crippen LogP contribution in [0.2, 0.25) is 0 Å². The maximum atomic E-state index is 4.81. The fourth-order valence-electron chi connectivity index (χ4n) is 2.86. The van der Waals surface area contributed by atoms with Crippen molar-refractivity contribution in [2.45, 2.75) is 46.0 Å². The minimum absolute atomic E-state index is 0.746. The minimum Gasteiger partial charge on any atom is -0.370 e. The molecule has 4 heteroatoms. The first-order chi connectivity index (χ1) is 10.3. The van der Waals surface area contributed by atoms with Gasteiger partial charge in [0.05, 0.1) is 0 Å². The molecule has 0 aliphatic heterocycles. The number of nitrogens with one attached hydrogen (secondary N) is 1. The van der Waals surface area contributed by atoms with E-state index in [4.69, 9.17) is 9.97 Å². The quantitative estimate of drug-likeness (QED) is 0.875. The molecule has 1 aliphatic carbocycles. The summed E-state index contributed by atoms with van der Waals surface area (Å²) in [6.07, 6.45) is 7.69. The van der Waals surface area contributed by atoms with E-state index in [1.807, 2.05) is 18.3 Å². The predicted octanol–water partition coefficient (Wildman–Crippen LogP) is 3.55. The molecule has 3 rings (SSSR count). The highest BCUT2D eigenvalue weighted by atomic mass is 15.0. The highest BCUT2D eigenvalue weighted by molar-refractivity contribution is 5.57. The Morgan fingerprint density at radius 1 is 1.14 bits per heavy atom. The molecule has 1 N–H and O–H groups in total. The van der Waals surface area contributed by atoms with Crippen molar-refractivity contribution >= 4 is 5.82 Å². The van der Waals surface area contributed by atoms with Gasteiger partial charge in [0.2, 0.25) is 0 Å². The van der Waals surface area contributed by atoms with Crippen molar-refractivity contribution in [2.75, 3.05) is 11.9 Å². The molecule has 2 aromatic heterocycles. The summed E-state index contributed by atoms with van der Waals surface area (Å²) in [6, 6.07) is 4.05. The monoisotopic (exact) mass is 282 g/mol. The van der Waals surface area contributed by atoms with Crippen LogP contribution in [-0.2, 0) is 12.8 Å². The molecule has 0 aromatic carbocycles. The van der Waals surface area contributed by atoms with Gasteiger partial charge in [-0.25, -0.2) is 9.97 Å². The van der Waals surface area contributed by atoms with E-state index in [1.54, 1.807) is 0 Å². The van der Waals surface area contributed by atoms with Crippen molar-refractivity contribution < 1.29 is 0 Å². The van der Waals surface area contributed by atoms with E-state index in [-0.39, 0.29) is 0 Å². The summed E-state index contributed by atoms with van der Waals surface area (Å²) in [6.45, 7) is 5.06. The van der Waals surface area contributed by atoms with Gasteiger partial charge < -0.3 is 5.32 Å². The average Bonchev–Trinajstić information content (AvgIpc) is 2.73. The summed E-state index contributed by atoms with van der Waals surface area (Å²) in [7, 11) is 0. The number of fused-ring (bicyclic) bond motifs is 1. The molecule has 2 heterocycles. The second-order valence-electron chi connectivity index (χ2n) is 5.63. The van der Waals surface area contributed by atoms with Gasteiger partial charge in [0, 0.05) is 24.0 Å². The van der Waals surface area contributed by atoms with Crippen LogP contribution < -0.4 is 5.32 Å². The van der Waals surface area contributed by atoms with Gasteiger partial charge in [-0.05, 0) is 57.2 Å². The fraction of sp³-hybridized carbons (Fsp3) is 0.471. The van der Waals surface area contributed by atoms with E-state index in [9.17, 15) is 0 Å². The van der Waals surface area contributed by atoms with Crippen LogP contribution in [0.15, 0.2) is 18.3 Å². The number of hydrogen-bond acceptors (Lipinski definition) is 4. The Balaban J connectivity index is 2.09. The van der Waals surface area contributed by atoms with Crippen molar-refractivity contribution in [3.8, 4) is 11.5 Å². The summed E-state index contributed by atoms with van der Waals surface area (Å²) in [5.41, 5.74) is 4.56. The summed E-state index contributed by atoms with van der Waals surface area (Å²) < 4.78 is 0. The first-order valence-electron chi connectivity index (χ1n) is 7.84. The van der Waals surface area contributed by atoms with Crippen LogP contribution >= 0.6 is 0 Å². The average molecular weight is 282 g/mol. The van der Waals surface area contributed by atoms with E-state index < -0.39 is 0 Å². The topological polar surface area (TPSA) is 50.7 Å². The highest BCUT2D eigenvalue weighted by Gasteiger charge is 2.17. The maximum absolute atomic E-state index is 4.81. The van der Waals surface area contributed by atoms with Crippen molar-refractivity contribution in [3.05, 3.63) is 35.2 Å². The number of nitrogens with zero attached hydrogens (tertiary/aromatic N) is 3. The number of aromatic nitrogens is 3. The SMILES string of the molecule is CCNc1nc(-c2cc(C)ccn2)nc2c1CCCCC2. The first-order valence-corrected chi connectivity index (χ1v) is 7.84. The van der Waals surface area contributed by atoms with Crippen LogP contribution in [0.5, 0.6) is 0 Å². The van der Waals surface area contributed by atoms with Crippen molar-refractivity contribution in [3.63, 3.8) is 0 Å². The summed E-state index contributed by atoms with van der Waals surface area (Å²) >= 11 is 0. The normalized spacial score (nSPS) is 14.4. The molecule has 110 valence electrons. The van der Waals surface area contributed by atoms with Crippen LogP contribution in [0.1, 0.15) is 43.0 Å². The number of anilines is 1. The molecule has 0 atom stereocenters. The van der Waals surface area contributed by atoms with E-state index in [0.717, 1.165) is 36.7 Å². The molecule has 2 aromatic rings. The third-order valence-electron chi connectivity index (χ3n) is 3.92. The van der Waals surface area contributed by atoms with Crippen LogP contribution in [0.4, 0.5) is 5.82 Å². The third-order valence-corrected chi connectivity index (χ3v) is 3.92. The van der Waals surface area contributed by atoms with E-state index in [2.05, 4.69) is 24.1 Å². The first kappa shape index (κ1) is 14.0. The number of hydrogen-bond donors (Lipinski definition) is 1. The summed E-state index contributed by atoms with van der Waals surface area (Å²) in [4.78, 5) is 14.0.